The quantitative estimate of drug-likeness (QED) is 0.780. The van der Waals surface area contributed by atoms with Gasteiger partial charge < -0.3 is 19.5 Å². The second-order valence-electron chi connectivity index (χ2n) is 6.55. The van der Waals surface area contributed by atoms with Crippen molar-refractivity contribution in [3.05, 3.63) is 24.2 Å². The van der Waals surface area contributed by atoms with E-state index >= 15 is 0 Å². The van der Waals surface area contributed by atoms with Crippen LogP contribution in [-0.4, -0.2) is 55.6 Å². The third kappa shape index (κ3) is 4.83. The third-order valence-electron chi connectivity index (χ3n) is 4.91. The molecule has 0 unspecified atom stereocenters. The van der Waals surface area contributed by atoms with Gasteiger partial charge in [-0.15, -0.1) is 0 Å². The van der Waals surface area contributed by atoms with Crippen LogP contribution in [0.15, 0.2) is 22.8 Å². The van der Waals surface area contributed by atoms with E-state index in [2.05, 4.69) is 15.1 Å². The minimum atomic E-state index is 0.846. The molecule has 2 aliphatic heterocycles. The predicted octanol–water partition coefficient (Wildman–Crippen LogP) is 2.18. The fraction of sp³-hybridized carbons (Fsp3) is 0.765. The zero-order valence-corrected chi connectivity index (χ0v) is 13.1. The standard InChI is InChI=1S/C17H29N3O/c1-2-9-20(8-1)15-16-5-10-19(11-6-16)12-7-18-14-17-4-3-13-21-17/h3-4,13,16,18H,1-2,5-12,14-15H2. The van der Waals surface area contributed by atoms with Crippen LogP contribution in [0.1, 0.15) is 31.4 Å². The molecule has 2 aliphatic rings. The second kappa shape index (κ2) is 7.97. The van der Waals surface area contributed by atoms with Crippen LogP contribution in [0.25, 0.3) is 0 Å². The first-order chi connectivity index (χ1) is 10.4. The summed E-state index contributed by atoms with van der Waals surface area (Å²) in [5.74, 6) is 1.97. The van der Waals surface area contributed by atoms with Crippen LogP contribution in [0.3, 0.4) is 0 Å². The molecule has 0 saturated carbocycles. The number of likely N-dealkylation sites (tertiary alicyclic amines) is 2. The van der Waals surface area contributed by atoms with E-state index in [9.17, 15) is 0 Å². The summed E-state index contributed by atoms with van der Waals surface area (Å²) < 4.78 is 5.32. The van der Waals surface area contributed by atoms with Gasteiger partial charge in [0.25, 0.3) is 0 Å². The molecule has 3 rings (SSSR count). The zero-order valence-electron chi connectivity index (χ0n) is 13.1. The summed E-state index contributed by atoms with van der Waals surface area (Å²) >= 11 is 0. The van der Waals surface area contributed by atoms with Gasteiger partial charge in [0.05, 0.1) is 12.8 Å². The van der Waals surface area contributed by atoms with E-state index in [1.165, 1.54) is 58.4 Å². The average molecular weight is 291 g/mol. The van der Waals surface area contributed by atoms with E-state index < -0.39 is 0 Å². The van der Waals surface area contributed by atoms with Gasteiger partial charge >= 0.3 is 0 Å². The van der Waals surface area contributed by atoms with E-state index in [-0.39, 0.29) is 0 Å². The van der Waals surface area contributed by atoms with E-state index in [1.54, 1.807) is 6.26 Å². The van der Waals surface area contributed by atoms with Crippen molar-refractivity contribution in [2.24, 2.45) is 5.92 Å². The van der Waals surface area contributed by atoms with Gasteiger partial charge in [-0.2, -0.15) is 0 Å². The van der Waals surface area contributed by atoms with Crippen LogP contribution in [0.4, 0.5) is 0 Å². The molecule has 0 aromatic carbocycles. The van der Waals surface area contributed by atoms with Crippen molar-refractivity contribution in [1.29, 1.82) is 0 Å². The highest BCUT2D eigenvalue weighted by Gasteiger charge is 2.22. The Labute approximate surface area is 128 Å². The number of hydrogen-bond acceptors (Lipinski definition) is 4. The fourth-order valence-corrected chi connectivity index (χ4v) is 3.58. The maximum absolute atomic E-state index is 5.32. The van der Waals surface area contributed by atoms with Crippen LogP contribution in [-0.2, 0) is 6.54 Å². The lowest BCUT2D eigenvalue weighted by Gasteiger charge is -2.33. The lowest BCUT2D eigenvalue weighted by molar-refractivity contribution is 0.154. The minimum absolute atomic E-state index is 0.846. The molecular weight excluding hydrogens is 262 g/mol. The molecule has 0 bridgehead atoms. The summed E-state index contributed by atoms with van der Waals surface area (Å²) in [5, 5.41) is 3.46. The van der Waals surface area contributed by atoms with Crippen molar-refractivity contribution in [3.63, 3.8) is 0 Å². The van der Waals surface area contributed by atoms with Crippen molar-refractivity contribution >= 4 is 0 Å². The van der Waals surface area contributed by atoms with Gasteiger partial charge in [-0.1, -0.05) is 0 Å². The highest BCUT2D eigenvalue weighted by atomic mass is 16.3. The van der Waals surface area contributed by atoms with E-state index in [1.807, 2.05) is 12.1 Å². The molecule has 1 aromatic heterocycles. The first-order valence-corrected chi connectivity index (χ1v) is 8.58. The number of nitrogens with one attached hydrogen (secondary N) is 1. The van der Waals surface area contributed by atoms with Gasteiger partial charge in [0, 0.05) is 19.6 Å². The Morgan fingerprint density at radius 3 is 2.62 bits per heavy atom. The Bertz CT molecular complexity index is 379. The number of hydrogen-bond donors (Lipinski definition) is 1. The molecule has 0 radical (unpaired) electrons. The summed E-state index contributed by atoms with van der Waals surface area (Å²) in [7, 11) is 0. The van der Waals surface area contributed by atoms with Gasteiger partial charge in [-0.3, -0.25) is 0 Å². The maximum atomic E-state index is 5.32. The van der Waals surface area contributed by atoms with Crippen LogP contribution >= 0.6 is 0 Å². The molecule has 2 saturated heterocycles. The van der Waals surface area contributed by atoms with Gasteiger partial charge in [0.1, 0.15) is 5.76 Å². The number of piperidine rings is 1. The van der Waals surface area contributed by atoms with Gasteiger partial charge in [-0.25, -0.2) is 0 Å². The Balaban J connectivity index is 1.25. The van der Waals surface area contributed by atoms with Crippen LogP contribution in [0, 0.1) is 5.92 Å². The molecule has 4 nitrogen and oxygen atoms in total. The molecule has 2 fully saturated rings. The Hall–Kier alpha value is -0.840. The highest BCUT2D eigenvalue weighted by molar-refractivity contribution is 4.97. The van der Waals surface area contributed by atoms with Gasteiger partial charge in [-0.05, 0) is 69.9 Å². The second-order valence-corrected chi connectivity index (χ2v) is 6.55. The van der Waals surface area contributed by atoms with E-state index in [0.29, 0.717) is 0 Å². The van der Waals surface area contributed by atoms with Gasteiger partial charge in [0.2, 0.25) is 0 Å². The molecule has 0 amide bonds. The Morgan fingerprint density at radius 1 is 1.10 bits per heavy atom. The van der Waals surface area contributed by atoms with Crippen molar-refractivity contribution in [3.8, 4) is 0 Å². The molecule has 4 heteroatoms. The summed E-state index contributed by atoms with van der Waals surface area (Å²) in [5.41, 5.74) is 0. The maximum Gasteiger partial charge on any atom is 0.117 e. The molecular formula is C17H29N3O. The van der Waals surface area contributed by atoms with E-state index in [0.717, 1.165) is 31.3 Å². The normalized spacial score (nSPS) is 22.1. The molecule has 1 N–H and O–H groups in total. The number of furan rings is 1. The first kappa shape index (κ1) is 15.1. The van der Waals surface area contributed by atoms with E-state index in [4.69, 9.17) is 4.42 Å². The van der Waals surface area contributed by atoms with Gasteiger partial charge in [0.15, 0.2) is 0 Å². The summed E-state index contributed by atoms with van der Waals surface area (Å²) in [4.78, 5) is 5.28. The SMILES string of the molecule is c1coc(CNCCN2CCC(CN3CCCC3)CC2)c1. The van der Waals surface area contributed by atoms with Crippen molar-refractivity contribution < 1.29 is 4.42 Å². The molecule has 1 aromatic rings. The lowest BCUT2D eigenvalue weighted by Crippen LogP contribution is -2.40. The monoisotopic (exact) mass is 291 g/mol. The summed E-state index contributed by atoms with van der Waals surface area (Å²) in [6.07, 6.45) is 7.34. The summed E-state index contributed by atoms with van der Waals surface area (Å²) in [6, 6.07) is 3.97. The molecule has 21 heavy (non-hydrogen) atoms. The average Bonchev–Trinajstić information content (AvgIpc) is 3.19. The Kier molecular flexibility index (Phi) is 5.72. The molecule has 0 aliphatic carbocycles. The largest absolute Gasteiger partial charge is 0.468 e. The highest BCUT2D eigenvalue weighted by Crippen LogP contribution is 2.20. The van der Waals surface area contributed by atoms with Crippen molar-refractivity contribution in [2.75, 3.05) is 45.8 Å². The predicted molar refractivity (Wildman–Crippen MR) is 85.3 cm³/mol. The fourth-order valence-electron chi connectivity index (χ4n) is 3.58. The zero-order chi connectivity index (χ0) is 14.3. The third-order valence-corrected chi connectivity index (χ3v) is 4.91. The lowest BCUT2D eigenvalue weighted by atomic mass is 9.96. The molecule has 0 atom stereocenters. The van der Waals surface area contributed by atoms with Crippen molar-refractivity contribution in [2.45, 2.75) is 32.2 Å². The number of rotatable bonds is 7. The molecule has 118 valence electrons. The Morgan fingerprint density at radius 2 is 1.90 bits per heavy atom. The summed E-state index contributed by atoms with van der Waals surface area (Å²) in [6.45, 7) is 9.66. The topological polar surface area (TPSA) is 31.7 Å². The molecule has 0 spiro atoms. The molecule has 3 heterocycles. The minimum Gasteiger partial charge on any atom is -0.468 e. The van der Waals surface area contributed by atoms with Crippen LogP contribution in [0.2, 0.25) is 0 Å². The van der Waals surface area contributed by atoms with Crippen LogP contribution < -0.4 is 5.32 Å². The number of nitrogens with zero attached hydrogens (tertiary/aromatic N) is 2. The van der Waals surface area contributed by atoms with Crippen LogP contribution in [0.5, 0.6) is 0 Å². The smallest absolute Gasteiger partial charge is 0.117 e. The first-order valence-electron chi connectivity index (χ1n) is 8.58. The van der Waals surface area contributed by atoms with Crippen molar-refractivity contribution in [1.82, 2.24) is 15.1 Å².